The maximum Gasteiger partial charge on any atom is 0.192 e. The Hall–Kier alpha value is -1.34. The molecule has 0 spiro atoms. The molecule has 8 atom stereocenters. The van der Waals surface area contributed by atoms with E-state index in [0.29, 0.717) is 6.61 Å². The number of carbonyl (C=O) groups excluding carboxylic acids is 1. The Morgan fingerprint density at radius 2 is 1.42 bits per heavy atom. The molecule has 9 heteroatoms. The summed E-state index contributed by atoms with van der Waals surface area (Å²) in [5, 5.41) is 11.5. The molecule has 0 amide bonds. The van der Waals surface area contributed by atoms with E-state index in [1.54, 1.807) is 14.2 Å². The van der Waals surface area contributed by atoms with Gasteiger partial charge in [0.25, 0.3) is 0 Å². The lowest BCUT2D eigenvalue weighted by Crippen LogP contribution is -2.55. The van der Waals surface area contributed by atoms with Crippen molar-refractivity contribution < 1.29 is 33.0 Å². The highest BCUT2D eigenvalue weighted by Crippen LogP contribution is 2.41. The Bertz CT molecular complexity index is 1070. The first-order chi connectivity index (χ1) is 22.3. The molecule has 0 unspecified atom stereocenters. The van der Waals surface area contributed by atoms with Gasteiger partial charge >= 0.3 is 0 Å². The van der Waals surface area contributed by atoms with Crippen LogP contribution in [-0.4, -0.2) is 72.3 Å². The molecule has 0 fully saturated rings. The fourth-order valence-electron chi connectivity index (χ4n) is 6.34. The number of methoxy groups -OCH3 is 2. The fraction of sp³-hybridized carbons (Fsp3) is 0.769. The Labute approximate surface area is 296 Å². The Morgan fingerprint density at radius 3 is 1.83 bits per heavy atom. The summed E-state index contributed by atoms with van der Waals surface area (Å²) >= 11 is 0. The smallest absolute Gasteiger partial charge is 0.192 e. The number of ether oxygens (including phenoxy) is 3. The zero-order chi connectivity index (χ0) is 37.0. The third-order valence-corrected chi connectivity index (χ3v) is 20.3. The first-order valence-electron chi connectivity index (χ1n) is 18.2. The maximum atomic E-state index is 14.2. The summed E-state index contributed by atoms with van der Waals surface area (Å²) in [7, 11) is -1.04. The second kappa shape index (κ2) is 19.9. The zero-order valence-electron chi connectivity index (χ0n) is 33.2. The van der Waals surface area contributed by atoms with Crippen LogP contribution in [0.25, 0.3) is 0 Å². The molecule has 0 radical (unpaired) electrons. The van der Waals surface area contributed by atoms with E-state index < -0.39 is 34.8 Å². The van der Waals surface area contributed by atoms with E-state index in [4.69, 9.17) is 23.1 Å². The van der Waals surface area contributed by atoms with E-state index in [1.807, 2.05) is 44.2 Å². The number of ketones is 1. The molecule has 0 aliphatic heterocycles. The number of Topliss-reactive ketones (excluding diaryl/α,β-unsaturated/α-hetero) is 1. The van der Waals surface area contributed by atoms with Crippen LogP contribution in [0.4, 0.5) is 0 Å². The van der Waals surface area contributed by atoms with Crippen molar-refractivity contribution in [2.24, 2.45) is 23.7 Å². The van der Waals surface area contributed by atoms with Crippen molar-refractivity contribution in [2.75, 3.05) is 14.2 Å². The normalized spacial score (nSPS) is 18.0. The molecule has 0 saturated carbocycles. The lowest BCUT2D eigenvalue weighted by Gasteiger charge is -2.46. The number of benzene rings is 1. The van der Waals surface area contributed by atoms with Gasteiger partial charge in [0.15, 0.2) is 16.6 Å². The minimum Gasteiger partial charge on any atom is -0.497 e. The molecule has 1 aromatic carbocycles. The van der Waals surface area contributed by atoms with Crippen LogP contribution in [0.15, 0.2) is 36.9 Å². The van der Waals surface area contributed by atoms with Gasteiger partial charge in [0.05, 0.1) is 38.1 Å². The Kier molecular flexibility index (Phi) is 18.5. The van der Waals surface area contributed by atoms with E-state index in [0.717, 1.165) is 29.4 Å². The predicted molar refractivity (Wildman–Crippen MR) is 205 cm³/mol. The topological polar surface area (TPSA) is 83.5 Å². The standard InChI is InChI=1S/C39H72O7Si2/c1-17-35(43-14)38(46-48(18-2,19-3)20-4)30(9)37(45-47(15,16)39(10,11)12)29(8)34(41)25-33(40)28(7)36(27(5)6)44-26-31-21-23-32(42-13)24-22-31/h17,21-24,27-30,33,35-38,40H,1,18-20,25-26H2,2-16H3/t28-,29+,30+,33+,35-,36+,37-,38+/m0/s1. The number of hydrogen-bond acceptors (Lipinski definition) is 7. The Morgan fingerprint density at radius 1 is 0.875 bits per heavy atom. The Balaban J connectivity index is 3.38. The summed E-state index contributed by atoms with van der Waals surface area (Å²) in [5.41, 5.74) is 1.03. The molecular formula is C39H72O7Si2. The van der Waals surface area contributed by atoms with Gasteiger partial charge in [-0.05, 0) is 59.9 Å². The van der Waals surface area contributed by atoms with E-state index in [9.17, 15) is 9.90 Å². The highest BCUT2D eigenvalue weighted by Gasteiger charge is 2.47. The molecule has 1 rings (SSSR count). The molecule has 48 heavy (non-hydrogen) atoms. The molecule has 0 heterocycles. The summed E-state index contributed by atoms with van der Waals surface area (Å²) in [6.45, 7) is 32.6. The van der Waals surface area contributed by atoms with E-state index in [-0.39, 0.29) is 53.3 Å². The van der Waals surface area contributed by atoms with Gasteiger partial charge in [0.2, 0.25) is 0 Å². The predicted octanol–water partition coefficient (Wildman–Crippen LogP) is 9.45. The minimum atomic E-state index is -2.32. The van der Waals surface area contributed by atoms with Crippen molar-refractivity contribution in [1.82, 2.24) is 0 Å². The SMILES string of the molecule is C=C[C@H](OC)[C@H](O[Si](CC)(CC)CC)[C@H](C)[C@@H](O[Si](C)(C)C(C)(C)C)[C@H](C)C(=O)C[C@@H](O)[C@H](C)[C@H](OCc1ccc(OC)cc1)C(C)C. The number of rotatable bonds is 23. The summed E-state index contributed by atoms with van der Waals surface area (Å²) in [6.07, 6.45) is -0.326. The maximum absolute atomic E-state index is 14.2. The molecule has 278 valence electrons. The first-order valence-corrected chi connectivity index (χ1v) is 23.7. The highest BCUT2D eigenvalue weighted by atomic mass is 28.4. The molecule has 0 bridgehead atoms. The van der Waals surface area contributed by atoms with Crippen LogP contribution in [0.2, 0.25) is 36.3 Å². The third kappa shape index (κ3) is 12.2. The number of hydrogen-bond donors (Lipinski definition) is 1. The van der Waals surface area contributed by atoms with Crippen molar-refractivity contribution in [3.63, 3.8) is 0 Å². The second-order valence-corrected chi connectivity index (χ2v) is 25.2. The van der Waals surface area contributed by atoms with Crippen LogP contribution in [0.5, 0.6) is 5.75 Å². The van der Waals surface area contributed by atoms with Crippen molar-refractivity contribution in [3.8, 4) is 5.75 Å². The van der Waals surface area contributed by atoms with E-state index in [2.05, 4.69) is 82.0 Å². The average Bonchev–Trinajstić information content (AvgIpc) is 3.04. The van der Waals surface area contributed by atoms with Gasteiger partial charge in [0, 0.05) is 31.3 Å². The van der Waals surface area contributed by atoms with E-state index >= 15 is 0 Å². The molecule has 1 N–H and O–H groups in total. The summed E-state index contributed by atoms with van der Waals surface area (Å²) in [6, 6.07) is 10.8. The first kappa shape index (κ1) is 44.7. The lowest BCUT2D eigenvalue weighted by atomic mass is 9.81. The van der Waals surface area contributed by atoms with Gasteiger partial charge in [0.1, 0.15) is 17.6 Å². The number of aliphatic hydroxyl groups excluding tert-OH is 1. The largest absolute Gasteiger partial charge is 0.497 e. The molecule has 0 aliphatic carbocycles. The number of aliphatic hydroxyl groups is 1. The summed E-state index contributed by atoms with van der Waals surface area (Å²) in [5.74, 6) is 0.0447. The van der Waals surface area contributed by atoms with Gasteiger partial charge in [-0.3, -0.25) is 4.79 Å². The lowest BCUT2D eigenvalue weighted by molar-refractivity contribution is -0.132. The molecule has 0 saturated heterocycles. The van der Waals surface area contributed by atoms with Gasteiger partial charge in [-0.2, -0.15) is 0 Å². The molecule has 0 aliphatic rings. The van der Waals surface area contributed by atoms with Crippen LogP contribution >= 0.6 is 0 Å². The van der Waals surface area contributed by atoms with Crippen molar-refractivity contribution >= 4 is 22.4 Å². The van der Waals surface area contributed by atoms with E-state index in [1.165, 1.54) is 0 Å². The second-order valence-electron chi connectivity index (χ2n) is 15.7. The molecule has 0 aromatic heterocycles. The monoisotopic (exact) mass is 708 g/mol. The van der Waals surface area contributed by atoms with Crippen molar-refractivity contribution in [3.05, 3.63) is 42.5 Å². The van der Waals surface area contributed by atoms with Crippen LogP contribution in [0, 0.1) is 23.7 Å². The van der Waals surface area contributed by atoms with Gasteiger partial charge in [-0.15, -0.1) is 6.58 Å². The van der Waals surface area contributed by atoms with Crippen LogP contribution in [-0.2, 0) is 29.7 Å². The van der Waals surface area contributed by atoms with Crippen LogP contribution < -0.4 is 4.74 Å². The minimum absolute atomic E-state index is 0.0149. The molecular weight excluding hydrogens is 637 g/mol. The summed E-state index contributed by atoms with van der Waals surface area (Å²) in [4.78, 5) is 14.2. The molecule has 7 nitrogen and oxygen atoms in total. The van der Waals surface area contributed by atoms with Gasteiger partial charge in [-0.25, -0.2) is 0 Å². The van der Waals surface area contributed by atoms with Crippen molar-refractivity contribution in [2.45, 2.75) is 156 Å². The van der Waals surface area contributed by atoms with Crippen LogP contribution in [0.1, 0.15) is 88.1 Å². The quantitative estimate of drug-likeness (QED) is 0.0896. The third-order valence-electron chi connectivity index (χ3n) is 11.2. The average molecular weight is 709 g/mol. The molecule has 1 aromatic rings. The van der Waals surface area contributed by atoms with Gasteiger partial charge in [-0.1, -0.05) is 94.4 Å². The van der Waals surface area contributed by atoms with Crippen molar-refractivity contribution in [1.29, 1.82) is 0 Å². The fourth-order valence-corrected chi connectivity index (χ4v) is 10.7. The van der Waals surface area contributed by atoms with Crippen LogP contribution in [0.3, 0.4) is 0 Å². The highest BCUT2D eigenvalue weighted by molar-refractivity contribution is 6.74. The zero-order valence-corrected chi connectivity index (χ0v) is 35.2. The number of carbonyl (C=O) groups is 1. The summed E-state index contributed by atoms with van der Waals surface area (Å²) < 4.78 is 31.9. The van der Waals surface area contributed by atoms with Gasteiger partial charge < -0.3 is 28.2 Å².